The third-order valence-corrected chi connectivity index (χ3v) is 2.21. The van der Waals surface area contributed by atoms with Gasteiger partial charge in [0.1, 0.15) is 6.23 Å². The van der Waals surface area contributed by atoms with Gasteiger partial charge in [-0.3, -0.25) is 4.79 Å². The summed E-state index contributed by atoms with van der Waals surface area (Å²) in [6, 6.07) is 0. The molecule has 1 rings (SSSR count). The van der Waals surface area contributed by atoms with Gasteiger partial charge in [0.2, 0.25) is 5.91 Å². The third-order valence-electron chi connectivity index (χ3n) is 2.21. The Morgan fingerprint density at radius 1 is 1.58 bits per heavy atom. The van der Waals surface area contributed by atoms with Gasteiger partial charge in [-0.1, -0.05) is 0 Å². The first kappa shape index (κ1) is 9.52. The molecule has 1 amide bonds. The van der Waals surface area contributed by atoms with Gasteiger partial charge in [0, 0.05) is 20.1 Å². The number of nitrogens with zero attached hydrogens (tertiary/aromatic N) is 1. The highest BCUT2D eigenvalue weighted by Gasteiger charge is 2.23. The molecule has 1 unspecified atom stereocenters. The average molecular weight is 171 g/mol. The lowest BCUT2D eigenvalue weighted by Crippen LogP contribution is -2.44. The monoisotopic (exact) mass is 171 g/mol. The Kier molecular flexibility index (Phi) is 3.53. The van der Waals surface area contributed by atoms with Crippen LogP contribution in [0.15, 0.2) is 0 Å². The summed E-state index contributed by atoms with van der Waals surface area (Å²) in [6.45, 7) is 5.12. The second-order valence-electron chi connectivity index (χ2n) is 3.12. The summed E-state index contributed by atoms with van der Waals surface area (Å²) in [5, 5.41) is 0. The highest BCUT2D eigenvalue weighted by molar-refractivity contribution is 5.73. The Hall–Kier alpha value is -0.570. The van der Waals surface area contributed by atoms with E-state index >= 15 is 0 Å². The van der Waals surface area contributed by atoms with Crippen LogP contribution in [0, 0.1) is 0 Å². The van der Waals surface area contributed by atoms with E-state index in [1.807, 2.05) is 11.8 Å². The lowest BCUT2D eigenvalue weighted by atomic mass is 10.1. The van der Waals surface area contributed by atoms with Gasteiger partial charge in [-0.05, 0) is 26.2 Å². The Balaban J connectivity index is 2.48. The van der Waals surface area contributed by atoms with Crippen molar-refractivity contribution in [3.63, 3.8) is 0 Å². The molecule has 0 aromatic rings. The van der Waals surface area contributed by atoms with Crippen molar-refractivity contribution in [2.75, 3.05) is 13.2 Å². The van der Waals surface area contributed by atoms with Gasteiger partial charge in [0.25, 0.3) is 0 Å². The quantitative estimate of drug-likeness (QED) is 0.628. The number of piperidine rings is 1. The van der Waals surface area contributed by atoms with Gasteiger partial charge in [-0.15, -0.1) is 0 Å². The van der Waals surface area contributed by atoms with E-state index in [2.05, 4.69) is 0 Å². The number of hydrogen-bond acceptors (Lipinski definition) is 2. The lowest BCUT2D eigenvalue weighted by molar-refractivity contribution is -0.147. The first-order valence-electron chi connectivity index (χ1n) is 4.64. The molecule has 1 fully saturated rings. The molecule has 0 aromatic carbocycles. The van der Waals surface area contributed by atoms with Crippen LogP contribution in [0.1, 0.15) is 33.1 Å². The smallest absolute Gasteiger partial charge is 0.221 e. The fourth-order valence-electron chi connectivity index (χ4n) is 1.63. The summed E-state index contributed by atoms with van der Waals surface area (Å²) < 4.78 is 5.46. The van der Waals surface area contributed by atoms with Crippen LogP contribution in [-0.2, 0) is 9.53 Å². The molecule has 0 N–H and O–H groups in total. The van der Waals surface area contributed by atoms with Crippen molar-refractivity contribution in [2.24, 2.45) is 0 Å². The standard InChI is InChI=1S/C9H17NO2/c1-3-12-9-6-4-5-7-10(9)8(2)11/h9H,3-7H2,1-2H3. The Morgan fingerprint density at radius 3 is 2.92 bits per heavy atom. The van der Waals surface area contributed by atoms with Crippen LogP contribution in [0.5, 0.6) is 0 Å². The number of carbonyl (C=O) groups is 1. The summed E-state index contributed by atoms with van der Waals surface area (Å²) in [4.78, 5) is 13.0. The molecule has 0 aromatic heterocycles. The Labute approximate surface area is 73.7 Å². The number of carbonyl (C=O) groups excluding carboxylic acids is 1. The van der Waals surface area contributed by atoms with Crippen molar-refractivity contribution in [3.8, 4) is 0 Å². The predicted octanol–water partition coefficient (Wildman–Crippen LogP) is 1.38. The van der Waals surface area contributed by atoms with E-state index < -0.39 is 0 Å². The van der Waals surface area contributed by atoms with E-state index in [-0.39, 0.29) is 12.1 Å². The van der Waals surface area contributed by atoms with Gasteiger partial charge in [-0.2, -0.15) is 0 Å². The second kappa shape index (κ2) is 4.45. The molecular formula is C9H17NO2. The zero-order valence-electron chi connectivity index (χ0n) is 7.88. The van der Waals surface area contributed by atoms with Crippen molar-refractivity contribution in [1.82, 2.24) is 4.90 Å². The number of ether oxygens (including phenoxy) is 1. The maximum absolute atomic E-state index is 11.1. The molecule has 3 heteroatoms. The fourth-order valence-corrected chi connectivity index (χ4v) is 1.63. The largest absolute Gasteiger partial charge is 0.359 e. The van der Waals surface area contributed by atoms with Gasteiger partial charge in [0.05, 0.1) is 0 Å². The molecule has 70 valence electrons. The summed E-state index contributed by atoms with van der Waals surface area (Å²) in [7, 11) is 0. The summed E-state index contributed by atoms with van der Waals surface area (Å²) >= 11 is 0. The molecule has 1 atom stereocenters. The van der Waals surface area contributed by atoms with Gasteiger partial charge in [0.15, 0.2) is 0 Å². The maximum atomic E-state index is 11.1. The van der Waals surface area contributed by atoms with Gasteiger partial charge >= 0.3 is 0 Å². The molecule has 0 aliphatic carbocycles. The predicted molar refractivity (Wildman–Crippen MR) is 46.7 cm³/mol. The Bertz CT molecular complexity index is 157. The van der Waals surface area contributed by atoms with Crippen LogP contribution in [0.25, 0.3) is 0 Å². The molecule has 1 aliphatic rings. The van der Waals surface area contributed by atoms with Crippen LogP contribution in [-0.4, -0.2) is 30.2 Å². The van der Waals surface area contributed by atoms with E-state index in [0.717, 1.165) is 19.4 Å². The molecule has 12 heavy (non-hydrogen) atoms. The van der Waals surface area contributed by atoms with E-state index in [4.69, 9.17) is 4.74 Å². The van der Waals surface area contributed by atoms with Crippen LogP contribution in [0.2, 0.25) is 0 Å². The first-order valence-corrected chi connectivity index (χ1v) is 4.64. The van der Waals surface area contributed by atoms with E-state index in [0.29, 0.717) is 6.61 Å². The van der Waals surface area contributed by atoms with Gasteiger partial charge in [-0.25, -0.2) is 0 Å². The molecule has 1 aliphatic heterocycles. The number of rotatable bonds is 2. The highest BCUT2D eigenvalue weighted by Crippen LogP contribution is 2.17. The van der Waals surface area contributed by atoms with Crippen LogP contribution in [0.3, 0.4) is 0 Å². The summed E-state index contributed by atoms with van der Waals surface area (Å²) in [5.41, 5.74) is 0. The van der Waals surface area contributed by atoms with E-state index in [9.17, 15) is 4.79 Å². The molecule has 0 spiro atoms. The number of amides is 1. The second-order valence-corrected chi connectivity index (χ2v) is 3.12. The SMILES string of the molecule is CCOC1CCCCN1C(C)=O. The van der Waals surface area contributed by atoms with Gasteiger partial charge < -0.3 is 9.64 Å². The maximum Gasteiger partial charge on any atom is 0.221 e. The highest BCUT2D eigenvalue weighted by atomic mass is 16.5. The average Bonchev–Trinajstić information content (AvgIpc) is 2.05. The molecule has 1 heterocycles. The Morgan fingerprint density at radius 2 is 2.33 bits per heavy atom. The van der Waals surface area contributed by atoms with Crippen LogP contribution < -0.4 is 0 Å². The molecule has 0 bridgehead atoms. The minimum absolute atomic E-state index is 0.0428. The van der Waals surface area contributed by atoms with Crippen molar-refractivity contribution in [2.45, 2.75) is 39.3 Å². The van der Waals surface area contributed by atoms with Crippen LogP contribution in [0.4, 0.5) is 0 Å². The molecular weight excluding hydrogens is 154 g/mol. The van der Waals surface area contributed by atoms with E-state index in [1.54, 1.807) is 6.92 Å². The van der Waals surface area contributed by atoms with Crippen molar-refractivity contribution in [1.29, 1.82) is 0 Å². The summed E-state index contributed by atoms with van der Waals surface area (Å²) in [6.07, 6.45) is 3.33. The zero-order valence-corrected chi connectivity index (χ0v) is 7.88. The molecule has 0 radical (unpaired) electrons. The third kappa shape index (κ3) is 2.21. The minimum atomic E-state index is 0.0428. The number of hydrogen-bond donors (Lipinski definition) is 0. The molecule has 3 nitrogen and oxygen atoms in total. The topological polar surface area (TPSA) is 29.5 Å². The van der Waals surface area contributed by atoms with Crippen molar-refractivity contribution < 1.29 is 9.53 Å². The van der Waals surface area contributed by atoms with Crippen molar-refractivity contribution in [3.05, 3.63) is 0 Å². The molecule has 0 saturated carbocycles. The molecule has 1 saturated heterocycles. The fraction of sp³-hybridized carbons (Fsp3) is 0.889. The van der Waals surface area contributed by atoms with Crippen LogP contribution >= 0.6 is 0 Å². The van der Waals surface area contributed by atoms with Crippen molar-refractivity contribution >= 4 is 5.91 Å². The normalized spacial score (nSPS) is 24.2. The minimum Gasteiger partial charge on any atom is -0.359 e. The first-order chi connectivity index (χ1) is 5.75. The lowest BCUT2D eigenvalue weighted by Gasteiger charge is -2.34. The summed E-state index contributed by atoms with van der Waals surface area (Å²) in [5.74, 6) is 0.133. The zero-order chi connectivity index (χ0) is 8.97. The number of likely N-dealkylation sites (tertiary alicyclic amines) is 1. The van der Waals surface area contributed by atoms with E-state index in [1.165, 1.54) is 6.42 Å².